The molecule has 0 saturated heterocycles. The lowest BCUT2D eigenvalue weighted by Crippen LogP contribution is -2.22. The smallest absolute Gasteiger partial charge is 0.0556 e. The van der Waals surface area contributed by atoms with Gasteiger partial charge in [-0.1, -0.05) is 23.2 Å². The van der Waals surface area contributed by atoms with Gasteiger partial charge in [-0.05, 0) is 36.1 Å². The molecule has 0 heterocycles. The zero-order chi connectivity index (χ0) is 10.8. The molecule has 2 rings (SSSR count). The Hall–Kier alpha value is -0.280. The lowest BCUT2D eigenvalue weighted by atomic mass is 10.1. The van der Waals surface area contributed by atoms with E-state index in [1.165, 1.54) is 5.56 Å². The van der Waals surface area contributed by atoms with Crippen molar-refractivity contribution in [3.05, 3.63) is 33.3 Å². The number of halogens is 2. The Labute approximate surface area is 99.2 Å². The molecule has 1 unspecified atom stereocenters. The minimum Gasteiger partial charge on any atom is -0.395 e. The molecule has 1 aliphatic rings. The number of nitrogens with one attached hydrogen (secondary N) is 1. The van der Waals surface area contributed by atoms with Crippen molar-refractivity contribution in [3.8, 4) is 0 Å². The van der Waals surface area contributed by atoms with Crippen LogP contribution in [0.2, 0.25) is 10.0 Å². The Morgan fingerprint density at radius 3 is 2.93 bits per heavy atom. The van der Waals surface area contributed by atoms with Gasteiger partial charge in [0.2, 0.25) is 0 Å². The van der Waals surface area contributed by atoms with Crippen molar-refractivity contribution in [1.82, 2.24) is 5.32 Å². The molecular formula is C11H13Cl2NO. The summed E-state index contributed by atoms with van der Waals surface area (Å²) >= 11 is 12.1. The zero-order valence-electron chi connectivity index (χ0n) is 8.26. The molecule has 0 saturated carbocycles. The highest BCUT2D eigenvalue weighted by atomic mass is 35.5. The van der Waals surface area contributed by atoms with Crippen LogP contribution < -0.4 is 5.32 Å². The van der Waals surface area contributed by atoms with Gasteiger partial charge in [0.1, 0.15) is 0 Å². The summed E-state index contributed by atoms with van der Waals surface area (Å²) in [4.78, 5) is 0. The van der Waals surface area contributed by atoms with Crippen molar-refractivity contribution in [2.24, 2.45) is 0 Å². The van der Waals surface area contributed by atoms with Gasteiger partial charge in [-0.15, -0.1) is 0 Å². The van der Waals surface area contributed by atoms with Crippen LogP contribution >= 0.6 is 23.2 Å². The van der Waals surface area contributed by atoms with Gasteiger partial charge in [-0.3, -0.25) is 0 Å². The number of aliphatic hydroxyl groups excluding tert-OH is 1. The van der Waals surface area contributed by atoms with E-state index < -0.39 is 0 Å². The molecule has 1 atom stereocenters. The Kier molecular flexibility index (Phi) is 3.52. The van der Waals surface area contributed by atoms with E-state index >= 15 is 0 Å². The van der Waals surface area contributed by atoms with Crippen LogP contribution in [0.25, 0.3) is 0 Å². The van der Waals surface area contributed by atoms with Crippen molar-refractivity contribution < 1.29 is 5.11 Å². The van der Waals surface area contributed by atoms with Gasteiger partial charge in [0.15, 0.2) is 0 Å². The molecule has 0 bridgehead atoms. The number of aliphatic hydroxyl groups is 1. The second kappa shape index (κ2) is 4.71. The van der Waals surface area contributed by atoms with Gasteiger partial charge in [0.25, 0.3) is 0 Å². The maximum Gasteiger partial charge on any atom is 0.0556 e. The van der Waals surface area contributed by atoms with E-state index in [4.69, 9.17) is 28.3 Å². The highest BCUT2D eigenvalue weighted by molar-refractivity contribution is 6.35. The van der Waals surface area contributed by atoms with E-state index in [1.807, 2.05) is 6.07 Å². The van der Waals surface area contributed by atoms with Crippen LogP contribution in [0.3, 0.4) is 0 Å². The SMILES string of the molecule is OCCNC1CCc2cc(Cl)cc(Cl)c21. The number of aryl methyl sites for hydroxylation is 1. The number of hydrogen-bond acceptors (Lipinski definition) is 2. The van der Waals surface area contributed by atoms with Crippen molar-refractivity contribution in [1.29, 1.82) is 0 Å². The Morgan fingerprint density at radius 1 is 1.40 bits per heavy atom. The summed E-state index contributed by atoms with van der Waals surface area (Å²) < 4.78 is 0. The fourth-order valence-corrected chi connectivity index (χ4v) is 2.79. The van der Waals surface area contributed by atoms with Crippen LogP contribution in [0.5, 0.6) is 0 Å². The van der Waals surface area contributed by atoms with Gasteiger partial charge in [-0.2, -0.15) is 0 Å². The quantitative estimate of drug-likeness (QED) is 0.859. The summed E-state index contributed by atoms with van der Waals surface area (Å²) in [5.41, 5.74) is 2.37. The van der Waals surface area contributed by atoms with Gasteiger partial charge >= 0.3 is 0 Å². The fourth-order valence-electron chi connectivity index (χ4n) is 2.12. The van der Waals surface area contributed by atoms with E-state index in [0.717, 1.165) is 23.4 Å². The van der Waals surface area contributed by atoms with Crippen molar-refractivity contribution in [2.45, 2.75) is 18.9 Å². The molecule has 0 aliphatic heterocycles. The standard InChI is InChI=1S/C11H13Cl2NO/c12-8-5-7-1-2-10(14-3-4-15)11(7)9(13)6-8/h5-6,10,14-15H,1-4H2. The Morgan fingerprint density at radius 2 is 2.20 bits per heavy atom. The second-order valence-electron chi connectivity index (χ2n) is 3.73. The predicted molar refractivity (Wildman–Crippen MR) is 62.6 cm³/mol. The number of hydrogen-bond donors (Lipinski definition) is 2. The molecule has 15 heavy (non-hydrogen) atoms. The lowest BCUT2D eigenvalue weighted by Gasteiger charge is -2.14. The molecular weight excluding hydrogens is 233 g/mol. The first-order valence-corrected chi connectivity index (χ1v) is 5.80. The summed E-state index contributed by atoms with van der Waals surface area (Å²) in [6.45, 7) is 0.750. The first kappa shape index (κ1) is 11.2. The summed E-state index contributed by atoms with van der Waals surface area (Å²) in [7, 11) is 0. The predicted octanol–water partition coefficient (Wildman–Crippen LogP) is 2.56. The maximum absolute atomic E-state index is 8.77. The average molecular weight is 246 g/mol. The Bertz CT molecular complexity index is 368. The maximum atomic E-state index is 8.77. The third kappa shape index (κ3) is 2.28. The highest BCUT2D eigenvalue weighted by Gasteiger charge is 2.24. The number of fused-ring (bicyclic) bond motifs is 1. The first-order chi connectivity index (χ1) is 7.22. The monoisotopic (exact) mass is 245 g/mol. The van der Waals surface area contributed by atoms with Crippen LogP contribution in [0.1, 0.15) is 23.6 Å². The normalized spacial score (nSPS) is 19.3. The van der Waals surface area contributed by atoms with Crippen LogP contribution in [-0.4, -0.2) is 18.3 Å². The molecule has 4 heteroatoms. The minimum absolute atomic E-state index is 0.150. The summed E-state index contributed by atoms with van der Waals surface area (Å²) in [5, 5.41) is 13.5. The van der Waals surface area contributed by atoms with Crippen molar-refractivity contribution in [3.63, 3.8) is 0 Å². The fraction of sp³-hybridized carbons (Fsp3) is 0.455. The van der Waals surface area contributed by atoms with E-state index in [1.54, 1.807) is 6.07 Å². The average Bonchev–Trinajstić information content (AvgIpc) is 2.58. The zero-order valence-corrected chi connectivity index (χ0v) is 9.78. The molecule has 0 fully saturated rings. The summed E-state index contributed by atoms with van der Waals surface area (Å²) in [6, 6.07) is 4.02. The largest absolute Gasteiger partial charge is 0.395 e. The molecule has 0 spiro atoms. The van der Waals surface area contributed by atoms with E-state index in [9.17, 15) is 0 Å². The number of benzene rings is 1. The third-order valence-corrected chi connectivity index (χ3v) is 3.26. The van der Waals surface area contributed by atoms with Crippen LogP contribution in [0.4, 0.5) is 0 Å². The molecule has 2 N–H and O–H groups in total. The summed E-state index contributed by atoms with van der Waals surface area (Å²) in [5.74, 6) is 0. The van der Waals surface area contributed by atoms with Crippen LogP contribution in [0, 0.1) is 0 Å². The summed E-state index contributed by atoms with van der Waals surface area (Å²) in [6.07, 6.45) is 2.02. The third-order valence-electron chi connectivity index (χ3n) is 2.73. The van der Waals surface area contributed by atoms with Gasteiger partial charge in [0.05, 0.1) is 6.61 Å². The highest BCUT2D eigenvalue weighted by Crippen LogP contribution is 2.38. The Balaban J connectivity index is 2.25. The number of rotatable bonds is 3. The molecule has 0 radical (unpaired) electrons. The second-order valence-corrected chi connectivity index (χ2v) is 4.57. The molecule has 0 amide bonds. The van der Waals surface area contributed by atoms with Crippen molar-refractivity contribution in [2.75, 3.05) is 13.2 Å². The topological polar surface area (TPSA) is 32.3 Å². The first-order valence-electron chi connectivity index (χ1n) is 5.04. The van der Waals surface area contributed by atoms with Crippen LogP contribution in [0.15, 0.2) is 12.1 Å². The molecule has 1 aliphatic carbocycles. The van der Waals surface area contributed by atoms with E-state index in [2.05, 4.69) is 5.32 Å². The van der Waals surface area contributed by atoms with E-state index in [-0.39, 0.29) is 12.6 Å². The molecule has 0 aromatic heterocycles. The van der Waals surface area contributed by atoms with Crippen molar-refractivity contribution >= 4 is 23.2 Å². The van der Waals surface area contributed by atoms with Gasteiger partial charge in [0, 0.05) is 22.6 Å². The van der Waals surface area contributed by atoms with Crippen LogP contribution in [-0.2, 0) is 6.42 Å². The molecule has 1 aromatic carbocycles. The van der Waals surface area contributed by atoms with E-state index in [0.29, 0.717) is 11.6 Å². The molecule has 82 valence electrons. The minimum atomic E-state index is 0.150. The van der Waals surface area contributed by atoms with Gasteiger partial charge < -0.3 is 10.4 Å². The lowest BCUT2D eigenvalue weighted by molar-refractivity contribution is 0.284. The van der Waals surface area contributed by atoms with Gasteiger partial charge in [-0.25, -0.2) is 0 Å². The molecule has 2 nitrogen and oxygen atoms in total. The molecule has 1 aromatic rings.